The van der Waals surface area contributed by atoms with Crippen LogP contribution in [0.2, 0.25) is 0 Å². The van der Waals surface area contributed by atoms with E-state index in [1.54, 1.807) is 6.33 Å². The van der Waals surface area contributed by atoms with Crippen LogP contribution in [0.25, 0.3) is 0 Å². The Morgan fingerprint density at radius 3 is 2.85 bits per heavy atom. The monoisotopic (exact) mass is 180 g/mol. The zero-order chi connectivity index (χ0) is 9.10. The Balaban J connectivity index is 1.92. The van der Waals surface area contributed by atoms with Crippen LogP contribution in [0.15, 0.2) is 6.33 Å². The highest BCUT2D eigenvalue weighted by molar-refractivity contribution is 4.80. The van der Waals surface area contributed by atoms with E-state index in [1.165, 1.54) is 25.7 Å². The zero-order valence-corrected chi connectivity index (χ0v) is 7.82. The topological polar surface area (TPSA) is 56.7 Å². The quantitative estimate of drug-likeness (QED) is 0.752. The first-order valence-electron chi connectivity index (χ1n) is 4.97. The second kappa shape index (κ2) is 3.87. The van der Waals surface area contributed by atoms with Crippen molar-refractivity contribution in [1.82, 2.24) is 14.8 Å². The van der Waals surface area contributed by atoms with Crippen molar-refractivity contribution in [2.24, 2.45) is 11.7 Å². The third-order valence-electron chi connectivity index (χ3n) is 2.69. The zero-order valence-electron chi connectivity index (χ0n) is 7.82. The van der Waals surface area contributed by atoms with E-state index in [0.717, 1.165) is 18.3 Å². The van der Waals surface area contributed by atoms with Crippen LogP contribution in [0.5, 0.6) is 0 Å². The summed E-state index contributed by atoms with van der Waals surface area (Å²) in [7, 11) is 0. The van der Waals surface area contributed by atoms with Crippen LogP contribution in [0.1, 0.15) is 31.5 Å². The van der Waals surface area contributed by atoms with Gasteiger partial charge in [0.15, 0.2) is 5.82 Å². The normalized spacial score (nSPS) is 18.2. The molecule has 4 nitrogen and oxygen atoms in total. The van der Waals surface area contributed by atoms with Crippen molar-refractivity contribution >= 4 is 0 Å². The summed E-state index contributed by atoms with van der Waals surface area (Å²) in [5.74, 6) is 1.56. The maximum atomic E-state index is 5.43. The van der Waals surface area contributed by atoms with Gasteiger partial charge >= 0.3 is 0 Å². The molecule has 4 heteroatoms. The van der Waals surface area contributed by atoms with Gasteiger partial charge in [0.1, 0.15) is 6.33 Å². The van der Waals surface area contributed by atoms with Crippen molar-refractivity contribution in [3.63, 3.8) is 0 Å². The summed E-state index contributed by atoms with van der Waals surface area (Å²) in [6.45, 7) is 1.46. The number of hydrogen-bond donors (Lipinski definition) is 1. The second-order valence-corrected chi connectivity index (χ2v) is 3.74. The van der Waals surface area contributed by atoms with E-state index in [9.17, 15) is 0 Å². The summed E-state index contributed by atoms with van der Waals surface area (Å²) in [6.07, 6.45) is 7.24. The molecule has 0 aromatic carbocycles. The summed E-state index contributed by atoms with van der Waals surface area (Å²) >= 11 is 0. The average molecular weight is 180 g/mol. The van der Waals surface area contributed by atoms with Gasteiger partial charge in [0.2, 0.25) is 0 Å². The fraction of sp³-hybridized carbons (Fsp3) is 0.778. The maximum absolute atomic E-state index is 5.43. The van der Waals surface area contributed by atoms with E-state index in [4.69, 9.17) is 5.73 Å². The number of rotatable bonds is 3. The van der Waals surface area contributed by atoms with Crippen LogP contribution in [0.3, 0.4) is 0 Å². The van der Waals surface area contributed by atoms with Gasteiger partial charge in [-0.25, -0.2) is 4.98 Å². The molecule has 0 radical (unpaired) electrons. The highest BCUT2D eigenvalue weighted by Crippen LogP contribution is 2.25. The summed E-state index contributed by atoms with van der Waals surface area (Å²) in [5, 5.41) is 4.27. The Kier molecular flexibility index (Phi) is 2.59. The van der Waals surface area contributed by atoms with Crippen LogP contribution in [0, 0.1) is 5.92 Å². The Morgan fingerprint density at radius 2 is 2.23 bits per heavy atom. The molecule has 1 aromatic heterocycles. The molecule has 13 heavy (non-hydrogen) atoms. The van der Waals surface area contributed by atoms with Crippen molar-refractivity contribution in [2.45, 2.75) is 38.8 Å². The third kappa shape index (κ3) is 2.06. The molecule has 1 saturated carbocycles. The largest absolute Gasteiger partial charge is 0.324 e. The molecule has 1 aliphatic carbocycles. The molecule has 72 valence electrons. The lowest BCUT2D eigenvalue weighted by Crippen LogP contribution is -2.08. The molecular weight excluding hydrogens is 164 g/mol. The van der Waals surface area contributed by atoms with Crippen molar-refractivity contribution in [3.8, 4) is 0 Å². The first-order chi connectivity index (χ1) is 6.38. The molecule has 0 bridgehead atoms. The lowest BCUT2D eigenvalue weighted by Gasteiger charge is -2.07. The molecule has 1 aliphatic rings. The first kappa shape index (κ1) is 8.69. The molecule has 0 amide bonds. The van der Waals surface area contributed by atoms with E-state index in [2.05, 4.69) is 10.1 Å². The van der Waals surface area contributed by atoms with Gasteiger partial charge in [0, 0.05) is 6.54 Å². The predicted molar refractivity (Wildman–Crippen MR) is 49.9 cm³/mol. The highest BCUT2D eigenvalue weighted by atomic mass is 15.3. The van der Waals surface area contributed by atoms with Gasteiger partial charge in [-0.15, -0.1) is 0 Å². The molecule has 0 atom stereocenters. The number of nitrogens with two attached hydrogens (primary N) is 1. The predicted octanol–water partition coefficient (Wildman–Crippen LogP) is 0.927. The molecular formula is C9H16N4. The van der Waals surface area contributed by atoms with Gasteiger partial charge in [-0.05, 0) is 18.8 Å². The maximum Gasteiger partial charge on any atom is 0.164 e. The summed E-state index contributed by atoms with van der Waals surface area (Å²) < 4.78 is 1.93. The molecule has 0 spiro atoms. The van der Waals surface area contributed by atoms with Gasteiger partial charge in [-0.1, -0.05) is 12.8 Å². The van der Waals surface area contributed by atoms with Crippen LogP contribution >= 0.6 is 0 Å². The van der Waals surface area contributed by atoms with Crippen molar-refractivity contribution < 1.29 is 0 Å². The highest BCUT2D eigenvalue weighted by Gasteiger charge is 2.15. The molecule has 0 aliphatic heterocycles. The molecule has 2 rings (SSSR count). The van der Waals surface area contributed by atoms with Crippen molar-refractivity contribution in [2.75, 3.05) is 0 Å². The summed E-state index contributed by atoms with van der Waals surface area (Å²) in [5.41, 5.74) is 5.43. The van der Waals surface area contributed by atoms with Gasteiger partial charge in [-0.3, -0.25) is 4.68 Å². The van der Waals surface area contributed by atoms with E-state index in [1.807, 2.05) is 4.68 Å². The fourth-order valence-corrected chi connectivity index (χ4v) is 1.97. The lowest BCUT2D eigenvalue weighted by atomic mass is 10.1. The van der Waals surface area contributed by atoms with Crippen molar-refractivity contribution in [3.05, 3.63) is 12.2 Å². The standard InChI is InChI=1S/C9H16N4/c10-5-9-11-7-13(12-9)6-8-3-1-2-4-8/h7-8H,1-6,10H2. The molecule has 2 N–H and O–H groups in total. The van der Waals surface area contributed by atoms with E-state index >= 15 is 0 Å². The number of hydrogen-bond acceptors (Lipinski definition) is 3. The van der Waals surface area contributed by atoms with Gasteiger partial charge in [-0.2, -0.15) is 5.10 Å². The fourth-order valence-electron chi connectivity index (χ4n) is 1.97. The third-order valence-corrected chi connectivity index (χ3v) is 2.69. The Bertz CT molecular complexity index is 262. The van der Waals surface area contributed by atoms with E-state index in [-0.39, 0.29) is 0 Å². The average Bonchev–Trinajstić information content (AvgIpc) is 2.76. The minimum Gasteiger partial charge on any atom is -0.324 e. The first-order valence-corrected chi connectivity index (χ1v) is 4.97. The lowest BCUT2D eigenvalue weighted by molar-refractivity contribution is 0.426. The summed E-state index contributed by atoms with van der Waals surface area (Å²) in [6, 6.07) is 0. The molecule has 1 aromatic rings. The van der Waals surface area contributed by atoms with Crippen LogP contribution in [0.4, 0.5) is 0 Å². The molecule has 1 heterocycles. The van der Waals surface area contributed by atoms with Gasteiger partial charge < -0.3 is 5.73 Å². The number of nitrogens with zero attached hydrogens (tertiary/aromatic N) is 3. The Labute approximate surface area is 78.1 Å². The second-order valence-electron chi connectivity index (χ2n) is 3.74. The Morgan fingerprint density at radius 1 is 1.46 bits per heavy atom. The minimum atomic E-state index is 0.442. The van der Waals surface area contributed by atoms with Crippen LogP contribution < -0.4 is 5.73 Å². The van der Waals surface area contributed by atoms with Gasteiger partial charge in [0.05, 0.1) is 6.54 Å². The SMILES string of the molecule is NCc1ncn(CC2CCCC2)n1. The molecule has 0 unspecified atom stereocenters. The molecule has 0 saturated heterocycles. The minimum absolute atomic E-state index is 0.442. The van der Waals surface area contributed by atoms with Gasteiger partial charge in [0.25, 0.3) is 0 Å². The van der Waals surface area contributed by atoms with Crippen molar-refractivity contribution in [1.29, 1.82) is 0 Å². The number of aromatic nitrogens is 3. The van der Waals surface area contributed by atoms with E-state index in [0.29, 0.717) is 6.54 Å². The van der Waals surface area contributed by atoms with E-state index < -0.39 is 0 Å². The van der Waals surface area contributed by atoms with Crippen LogP contribution in [-0.4, -0.2) is 14.8 Å². The smallest absolute Gasteiger partial charge is 0.164 e. The Hall–Kier alpha value is -0.900. The molecule has 1 fully saturated rings. The summed E-state index contributed by atoms with van der Waals surface area (Å²) in [4.78, 5) is 4.10. The van der Waals surface area contributed by atoms with Crippen LogP contribution in [-0.2, 0) is 13.1 Å².